The highest BCUT2D eigenvalue weighted by Gasteiger charge is 2.32. The molecule has 43 heavy (non-hydrogen) atoms. The molecule has 1 aliphatic heterocycles. The third-order valence-corrected chi connectivity index (χ3v) is 7.17. The number of ether oxygens (including phenoxy) is 1. The lowest BCUT2D eigenvalue weighted by Crippen LogP contribution is -2.48. The van der Waals surface area contributed by atoms with Crippen molar-refractivity contribution in [3.05, 3.63) is 83.9 Å². The van der Waals surface area contributed by atoms with Crippen molar-refractivity contribution in [1.29, 1.82) is 0 Å². The largest absolute Gasteiger partial charge is 0.488 e. The molecule has 3 aromatic rings. The van der Waals surface area contributed by atoms with E-state index in [1.54, 1.807) is 37.1 Å². The first-order valence-electron chi connectivity index (χ1n) is 13.8. The van der Waals surface area contributed by atoms with E-state index in [4.69, 9.17) is 4.74 Å². The van der Waals surface area contributed by atoms with E-state index in [1.807, 2.05) is 6.92 Å². The topological polar surface area (TPSA) is 123 Å². The summed E-state index contributed by atoms with van der Waals surface area (Å²) in [5, 5.41) is 17.9. The molecule has 12 heteroatoms. The Labute approximate surface area is 248 Å². The fraction of sp³-hybridized carbons (Fsp3) is 0.323. The van der Waals surface area contributed by atoms with E-state index in [0.29, 0.717) is 28.4 Å². The van der Waals surface area contributed by atoms with Crippen LogP contribution < -0.4 is 20.7 Å². The number of nitrogens with zero attached hydrogens (tertiary/aromatic N) is 2. The fourth-order valence-electron chi connectivity index (χ4n) is 4.66. The van der Waals surface area contributed by atoms with E-state index in [0.717, 1.165) is 0 Å². The lowest BCUT2D eigenvalue weighted by atomic mass is 10.0. The Balaban J connectivity index is 1.55. The van der Waals surface area contributed by atoms with Gasteiger partial charge in [-0.1, -0.05) is 6.92 Å². The standard InChI is InChI=1S/C31H35F2N5O5/c1-19-16-38(20(2)18-39)29(40)15-21-14-26(35-30(41)34-24-8-4-22(32)5-9-24)12-13-27(21)43-28(19)17-37(3)31(42)36-25-10-6-23(33)7-11-25/h4-14,19-20,28,39H,15-18H2,1-3H3,(H,36,42)(H2,34,35,41)/t19-,20-,28-/m0/s1. The minimum Gasteiger partial charge on any atom is -0.488 e. The maximum atomic E-state index is 13.4. The average molecular weight is 596 g/mol. The van der Waals surface area contributed by atoms with Crippen LogP contribution in [-0.4, -0.2) is 71.8 Å². The molecule has 4 rings (SSSR count). The van der Waals surface area contributed by atoms with Gasteiger partial charge in [-0.05, 0) is 73.7 Å². The number of likely N-dealkylation sites (N-methyl/N-ethyl adjacent to an activating group) is 1. The van der Waals surface area contributed by atoms with Crippen LogP contribution in [0.15, 0.2) is 66.7 Å². The molecule has 5 amide bonds. The minimum atomic E-state index is -0.558. The van der Waals surface area contributed by atoms with Crippen molar-refractivity contribution >= 4 is 35.0 Å². The summed E-state index contributed by atoms with van der Waals surface area (Å²) in [6, 6.07) is 14.2. The number of nitrogens with one attached hydrogen (secondary N) is 3. The van der Waals surface area contributed by atoms with Gasteiger partial charge in [0, 0.05) is 42.1 Å². The zero-order chi connectivity index (χ0) is 31.1. The molecular weight excluding hydrogens is 560 g/mol. The van der Waals surface area contributed by atoms with E-state index in [1.165, 1.54) is 53.4 Å². The maximum absolute atomic E-state index is 13.4. The molecule has 0 bridgehead atoms. The zero-order valence-electron chi connectivity index (χ0n) is 24.1. The number of aliphatic hydroxyl groups excluding tert-OH is 1. The van der Waals surface area contributed by atoms with Gasteiger partial charge in [-0.15, -0.1) is 0 Å². The van der Waals surface area contributed by atoms with Crippen LogP contribution in [0.1, 0.15) is 19.4 Å². The van der Waals surface area contributed by atoms with Crippen LogP contribution in [0, 0.1) is 17.6 Å². The van der Waals surface area contributed by atoms with Gasteiger partial charge >= 0.3 is 12.1 Å². The number of hydrogen-bond donors (Lipinski definition) is 4. The van der Waals surface area contributed by atoms with Gasteiger partial charge in [0.05, 0.1) is 25.6 Å². The molecule has 0 radical (unpaired) electrons. The van der Waals surface area contributed by atoms with Crippen molar-refractivity contribution in [3.63, 3.8) is 0 Å². The number of carbonyl (C=O) groups is 3. The van der Waals surface area contributed by atoms with Crippen LogP contribution in [0.25, 0.3) is 0 Å². The molecule has 3 atom stereocenters. The van der Waals surface area contributed by atoms with E-state index < -0.39 is 35.8 Å². The van der Waals surface area contributed by atoms with Crippen molar-refractivity contribution in [1.82, 2.24) is 9.80 Å². The normalized spacial score (nSPS) is 17.3. The number of aliphatic hydroxyl groups is 1. The van der Waals surface area contributed by atoms with Crippen molar-refractivity contribution < 1.29 is 33.0 Å². The molecule has 4 N–H and O–H groups in total. The quantitative estimate of drug-likeness (QED) is 0.309. The average Bonchev–Trinajstić information content (AvgIpc) is 3.02. The summed E-state index contributed by atoms with van der Waals surface area (Å²) in [6.07, 6.45) is -0.600. The molecule has 0 saturated heterocycles. The first kappa shape index (κ1) is 31.2. The van der Waals surface area contributed by atoms with E-state index in [-0.39, 0.29) is 37.9 Å². The first-order valence-corrected chi connectivity index (χ1v) is 13.8. The number of fused-ring (bicyclic) bond motifs is 1. The van der Waals surface area contributed by atoms with Gasteiger partial charge in [0.1, 0.15) is 23.5 Å². The summed E-state index contributed by atoms with van der Waals surface area (Å²) in [6.45, 7) is 3.85. The number of hydrogen-bond acceptors (Lipinski definition) is 5. The molecule has 0 saturated carbocycles. The number of rotatable bonds is 7. The van der Waals surface area contributed by atoms with Crippen LogP contribution in [0.3, 0.4) is 0 Å². The van der Waals surface area contributed by atoms with Crippen LogP contribution in [0.2, 0.25) is 0 Å². The predicted molar refractivity (Wildman–Crippen MR) is 159 cm³/mol. The molecule has 10 nitrogen and oxygen atoms in total. The van der Waals surface area contributed by atoms with Crippen molar-refractivity contribution in [2.45, 2.75) is 32.4 Å². The summed E-state index contributed by atoms with van der Waals surface area (Å²) < 4.78 is 32.9. The summed E-state index contributed by atoms with van der Waals surface area (Å²) >= 11 is 0. The molecule has 0 aliphatic carbocycles. The van der Waals surface area contributed by atoms with Crippen LogP contribution in [0.4, 0.5) is 35.4 Å². The van der Waals surface area contributed by atoms with Gasteiger partial charge in [0.15, 0.2) is 0 Å². The third kappa shape index (κ3) is 8.41. The van der Waals surface area contributed by atoms with Crippen LogP contribution >= 0.6 is 0 Å². The van der Waals surface area contributed by atoms with Gasteiger partial charge in [-0.25, -0.2) is 18.4 Å². The van der Waals surface area contributed by atoms with Gasteiger partial charge in [-0.2, -0.15) is 0 Å². The number of carbonyl (C=O) groups excluding carboxylic acids is 3. The number of anilines is 3. The lowest BCUT2D eigenvalue weighted by Gasteiger charge is -2.34. The Morgan fingerprint density at radius 1 is 0.977 bits per heavy atom. The molecule has 1 aliphatic rings. The second kappa shape index (κ2) is 14.0. The number of urea groups is 2. The van der Waals surface area contributed by atoms with E-state index in [9.17, 15) is 28.3 Å². The Morgan fingerprint density at radius 3 is 2.14 bits per heavy atom. The monoisotopic (exact) mass is 595 g/mol. The Kier molecular flexibility index (Phi) is 10.1. The second-order valence-electron chi connectivity index (χ2n) is 10.6. The van der Waals surface area contributed by atoms with E-state index in [2.05, 4.69) is 16.0 Å². The fourth-order valence-corrected chi connectivity index (χ4v) is 4.66. The highest BCUT2D eigenvalue weighted by atomic mass is 19.1. The van der Waals surface area contributed by atoms with Crippen LogP contribution in [-0.2, 0) is 11.2 Å². The second-order valence-corrected chi connectivity index (χ2v) is 10.6. The van der Waals surface area contributed by atoms with Gasteiger partial charge < -0.3 is 35.6 Å². The summed E-state index contributed by atoms with van der Waals surface area (Å²) in [5.74, 6) is -0.898. The summed E-state index contributed by atoms with van der Waals surface area (Å²) in [4.78, 5) is 41.9. The zero-order valence-corrected chi connectivity index (χ0v) is 24.1. The summed E-state index contributed by atoms with van der Waals surface area (Å²) in [5.41, 5.74) is 1.75. The minimum absolute atomic E-state index is 0.0465. The summed E-state index contributed by atoms with van der Waals surface area (Å²) in [7, 11) is 1.61. The smallest absolute Gasteiger partial charge is 0.323 e. The Morgan fingerprint density at radius 2 is 1.53 bits per heavy atom. The number of halogens is 2. The first-order chi connectivity index (χ1) is 20.5. The molecule has 0 aromatic heterocycles. The highest BCUT2D eigenvalue weighted by Crippen LogP contribution is 2.29. The molecule has 0 unspecified atom stereocenters. The lowest BCUT2D eigenvalue weighted by molar-refractivity contribution is -0.134. The highest BCUT2D eigenvalue weighted by molar-refractivity contribution is 6.00. The van der Waals surface area contributed by atoms with Crippen LogP contribution in [0.5, 0.6) is 5.75 Å². The number of amides is 5. The molecule has 228 valence electrons. The molecule has 1 heterocycles. The molecular formula is C31H35F2N5O5. The maximum Gasteiger partial charge on any atom is 0.323 e. The molecule has 0 spiro atoms. The van der Waals surface area contributed by atoms with Gasteiger partial charge in [0.25, 0.3) is 0 Å². The van der Waals surface area contributed by atoms with Gasteiger partial charge in [0.2, 0.25) is 5.91 Å². The van der Waals surface area contributed by atoms with E-state index >= 15 is 0 Å². The van der Waals surface area contributed by atoms with Gasteiger partial charge in [-0.3, -0.25) is 4.79 Å². The Hall–Kier alpha value is -4.71. The SMILES string of the molecule is C[C@H]1CN([C@@H](C)CO)C(=O)Cc2cc(NC(=O)Nc3ccc(F)cc3)ccc2O[C@H]1CN(C)C(=O)Nc1ccc(F)cc1. The van der Waals surface area contributed by atoms with Crippen molar-refractivity contribution in [2.75, 3.05) is 42.7 Å². The molecule has 0 fully saturated rings. The third-order valence-electron chi connectivity index (χ3n) is 7.17. The van der Waals surface area contributed by atoms with Crippen molar-refractivity contribution in [3.8, 4) is 5.75 Å². The Bertz CT molecular complexity index is 1440. The predicted octanol–water partition coefficient (Wildman–Crippen LogP) is 4.92. The molecule has 3 aromatic carbocycles. The van der Waals surface area contributed by atoms with Crippen molar-refractivity contribution in [2.24, 2.45) is 5.92 Å². The number of benzene rings is 3.